The predicted octanol–water partition coefficient (Wildman–Crippen LogP) is 2.96. The molecule has 1 aromatic rings. The summed E-state index contributed by atoms with van der Waals surface area (Å²) in [5.74, 6) is -2.42. The molecule has 0 heterocycles. The zero-order valence-corrected chi connectivity index (χ0v) is 8.33. The molecule has 0 unspecified atom stereocenters. The van der Waals surface area contributed by atoms with Gasteiger partial charge in [0.25, 0.3) is 0 Å². The molecule has 0 aliphatic carbocycles. The standard InChI is InChI=1S/C11H13F3O/c1-8(9-5-3-2-4-6-9)10(7-15)11(12,13)14/h2-6,8,10,15H,7H2,1H3/t8-,10+/m0/s1. The molecule has 0 saturated heterocycles. The molecule has 0 aliphatic heterocycles. The second-order valence-corrected chi connectivity index (χ2v) is 3.53. The molecule has 4 heteroatoms. The van der Waals surface area contributed by atoms with Crippen molar-refractivity contribution in [3.05, 3.63) is 35.9 Å². The van der Waals surface area contributed by atoms with Gasteiger partial charge in [0.2, 0.25) is 0 Å². The van der Waals surface area contributed by atoms with Gasteiger partial charge in [0.05, 0.1) is 12.5 Å². The number of rotatable bonds is 3. The van der Waals surface area contributed by atoms with E-state index in [0.717, 1.165) is 0 Å². The molecule has 84 valence electrons. The highest BCUT2D eigenvalue weighted by Gasteiger charge is 2.42. The van der Waals surface area contributed by atoms with Gasteiger partial charge in [-0.1, -0.05) is 37.3 Å². The Morgan fingerprint density at radius 3 is 2.13 bits per heavy atom. The average molecular weight is 218 g/mol. The van der Waals surface area contributed by atoms with E-state index in [-0.39, 0.29) is 0 Å². The summed E-state index contributed by atoms with van der Waals surface area (Å²) in [6.07, 6.45) is -4.36. The lowest BCUT2D eigenvalue weighted by Crippen LogP contribution is -2.30. The molecule has 1 N–H and O–H groups in total. The SMILES string of the molecule is C[C@@H](c1ccccc1)[C@@H](CO)C(F)(F)F. The molecule has 0 spiro atoms. The van der Waals surface area contributed by atoms with Crippen molar-refractivity contribution in [1.82, 2.24) is 0 Å². The average Bonchev–Trinajstić information content (AvgIpc) is 2.18. The number of alkyl halides is 3. The zero-order chi connectivity index (χ0) is 11.5. The van der Waals surface area contributed by atoms with E-state index in [1.165, 1.54) is 6.92 Å². The van der Waals surface area contributed by atoms with E-state index in [9.17, 15) is 13.2 Å². The van der Waals surface area contributed by atoms with Gasteiger partial charge in [-0.15, -0.1) is 0 Å². The smallest absolute Gasteiger partial charge is 0.394 e. The Labute approximate surface area is 86.5 Å². The van der Waals surface area contributed by atoms with Crippen molar-refractivity contribution < 1.29 is 18.3 Å². The largest absolute Gasteiger partial charge is 0.396 e. The summed E-state index contributed by atoms with van der Waals surface area (Å²) in [6.45, 7) is 0.600. The highest BCUT2D eigenvalue weighted by Crippen LogP contribution is 2.36. The van der Waals surface area contributed by atoms with Crippen LogP contribution in [-0.2, 0) is 0 Å². The minimum absolute atomic E-state index is 0.592. The van der Waals surface area contributed by atoms with Crippen molar-refractivity contribution >= 4 is 0 Å². The van der Waals surface area contributed by atoms with Crippen LogP contribution >= 0.6 is 0 Å². The van der Waals surface area contributed by atoms with Crippen LogP contribution < -0.4 is 0 Å². The lowest BCUT2D eigenvalue weighted by Gasteiger charge is -2.24. The third-order valence-corrected chi connectivity index (χ3v) is 2.55. The van der Waals surface area contributed by atoms with Crippen LogP contribution in [0.15, 0.2) is 30.3 Å². The Bertz CT molecular complexity index is 294. The van der Waals surface area contributed by atoms with Crippen molar-refractivity contribution in [2.45, 2.75) is 19.0 Å². The van der Waals surface area contributed by atoms with E-state index < -0.39 is 24.6 Å². The number of benzene rings is 1. The van der Waals surface area contributed by atoms with Crippen LogP contribution in [0.1, 0.15) is 18.4 Å². The van der Waals surface area contributed by atoms with Gasteiger partial charge in [-0.3, -0.25) is 0 Å². The van der Waals surface area contributed by atoms with Crippen molar-refractivity contribution in [1.29, 1.82) is 0 Å². The number of halogens is 3. The minimum Gasteiger partial charge on any atom is -0.396 e. The van der Waals surface area contributed by atoms with Gasteiger partial charge in [-0.2, -0.15) is 13.2 Å². The van der Waals surface area contributed by atoms with Gasteiger partial charge in [-0.05, 0) is 11.5 Å². The van der Waals surface area contributed by atoms with Crippen molar-refractivity contribution in [3.63, 3.8) is 0 Å². The summed E-state index contributed by atoms with van der Waals surface area (Å²) < 4.78 is 37.5. The second kappa shape index (κ2) is 4.66. The number of aliphatic hydroxyl groups is 1. The van der Waals surface area contributed by atoms with E-state index in [4.69, 9.17) is 5.11 Å². The highest BCUT2D eigenvalue weighted by molar-refractivity contribution is 5.20. The second-order valence-electron chi connectivity index (χ2n) is 3.53. The number of aliphatic hydroxyl groups excluding tert-OH is 1. The van der Waals surface area contributed by atoms with Gasteiger partial charge in [0.1, 0.15) is 0 Å². The molecule has 15 heavy (non-hydrogen) atoms. The minimum atomic E-state index is -4.36. The molecule has 0 bridgehead atoms. The van der Waals surface area contributed by atoms with E-state index in [1.807, 2.05) is 0 Å². The first-order valence-corrected chi connectivity index (χ1v) is 4.69. The maximum atomic E-state index is 12.5. The zero-order valence-electron chi connectivity index (χ0n) is 8.33. The lowest BCUT2D eigenvalue weighted by molar-refractivity contribution is -0.189. The lowest BCUT2D eigenvalue weighted by atomic mass is 9.88. The van der Waals surface area contributed by atoms with Gasteiger partial charge in [0.15, 0.2) is 0 Å². The monoisotopic (exact) mass is 218 g/mol. The molecule has 1 nitrogen and oxygen atoms in total. The molecule has 1 aromatic carbocycles. The Hall–Kier alpha value is -1.03. The van der Waals surface area contributed by atoms with Crippen molar-refractivity contribution in [3.8, 4) is 0 Å². The predicted molar refractivity (Wildman–Crippen MR) is 51.5 cm³/mol. The summed E-state index contributed by atoms with van der Waals surface area (Å²) in [5.41, 5.74) is 0.592. The molecular formula is C11H13F3O. The molecule has 0 radical (unpaired) electrons. The van der Waals surface area contributed by atoms with Gasteiger partial charge in [-0.25, -0.2) is 0 Å². The summed E-state index contributed by atoms with van der Waals surface area (Å²) >= 11 is 0. The van der Waals surface area contributed by atoms with Gasteiger partial charge < -0.3 is 5.11 Å². The first-order chi connectivity index (χ1) is 6.96. The Morgan fingerprint density at radius 1 is 1.20 bits per heavy atom. The Morgan fingerprint density at radius 2 is 1.73 bits per heavy atom. The number of hydrogen-bond donors (Lipinski definition) is 1. The fourth-order valence-electron chi connectivity index (χ4n) is 1.53. The molecule has 0 aromatic heterocycles. The Balaban J connectivity index is 2.88. The molecular weight excluding hydrogens is 205 g/mol. The van der Waals surface area contributed by atoms with Crippen LogP contribution in [0.3, 0.4) is 0 Å². The third-order valence-electron chi connectivity index (χ3n) is 2.55. The van der Waals surface area contributed by atoms with E-state index in [2.05, 4.69) is 0 Å². The van der Waals surface area contributed by atoms with Crippen LogP contribution in [-0.4, -0.2) is 17.9 Å². The fraction of sp³-hybridized carbons (Fsp3) is 0.455. The quantitative estimate of drug-likeness (QED) is 0.826. The van der Waals surface area contributed by atoms with E-state index in [0.29, 0.717) is 5.56 Å². The summed E-state index contributed by atoms with van der Waals surface area (Å²) in [5, 5.41) is 8.77. The molecule has 0 amide bonds. The third kappa shape index (κ3) is 2.96. The molecule has 0 fully saturated rings. The Kier molecular flexibility index (Phi) is 3.74. The van der Waals surface area contributed by atoms with Crippen LogP contribution in [0, 0.1) is 5.92 Å². The first kappa shape index (κ1) is 12.0. The molecule has 0 aliphatic rings. The van der Waals surface area contributed by atoms with E-state index in [1.54, 1.807) is 30.3 Å². The van der Waals surface area contributed by atoms with Crippen LogP contribution in [0.25, 0.3) is 0 Å². The van der Waals surface area contributed by atoms with Crippen molar-refractivity contribution in [2.75, 3.05) is 6.61 Å². The fourth-order valence-corrected chi connectivity index (χ4v) is 1.53. The molecule has 1 rings (SSSR count). The normalized spacial score (nSPS) is 16.1. The molecule has 0 saturated carbocycles. The number of hydrogen-bond acceptors (Lipinski definition) is 1. The molecule has 2 atom stereocenters. The van der Waals surface area contributed by atoms with Crippen molar-refractivity contribution in [2.24, 2.45) is 5.92 Å². The maximum absolute atomic E-state index is 12.5. The van der Waals surface area contributed by atoms with Crippen LogP contribution in [0.5, 0.6) is 0 Å². The summed E-state index contributed by atoms with van der Waals surface area (Å²) in [7, 11) is 0. The van der Waals surface area contributed by atoms with Gasteiger partial charge in [0, 0.05) is 0 Å². The van der Waals surface area contributed by atoms with E-state index >= 15 is 0 Å². The maximum Gasteiger partial charge on any atom is 0.394 e. The summed E-state index contributed by atoms with van der Waals surface area (Å²) in [6, 6.07) is 8.41. The topological polar surface area (TPSA) is 20.2 Å². The first-order valence-electron chi connectivity index (χ1n) is 4.69. The van der Waals surface area contributed by atoms with Gasteiger partial charge >= 0.3 is 6.18 Å². The van der Waals surface area contributed by atoms with Crippen LogP contribution in [0.2, 0.25) is 0 Å². The highest BCUT2D eigenvalue weighted by atomic mass is 19.4. The van der Waals surface area contributed by atoms with Crippen LogP contribution in [0.4, 0.5) is 13.2 Å². The summed E-state index contributed by atoms with van der Waals surface area (Å²) in [4.78, 5) is 0.